The van der Waals surface area contributed by atoms with Crippen molar-refractivity contribution in [2.45, 2.75) is 19.2 Å². The predicted molar refractivity (Wildman–Crippen MR) is 112 cm³/mol. The first kappa shape index (κ1) is 23.4. The Morgan fingerprint density at radius 3 is 2.58 bits per heavy atom. The summed E-state index contributed by atoms with van der Waals surface area (Å²) in [5.41, 5.74) is 1.88. The van der Waals surface area contributed by atoms with Gasteiger partial charge >= 0.3 is 0 Å². The second kappa shape index (κ2) is 11.9. The van der Waals surface area contributed by atoms with E-state index in [9.17, 15) is 12.8 Å². The maximum atomic E-state index is 13.3. The molecule has 0 aromatic heterocycles. The fraction of sp³-hybridized carbons (Fsp3) is 0.533. The molecule has 0 saturated heterocycles. The van der Waals surface area contributed by atoms with Gasteiger partial charge < -0.3 is 10.6 Å². The first-order chi connectivity index (χ1) is 10.9. The van der Waals surface area contributed by atoms with Gasteiger partial charge in [-0.05, 0) is 36.4 Å². The third-order valence-corrected chi connectivity index (χ3v) is 4.53. The van der Waals surface area contributed by atoms with E-state index in [0.717, 1.165) is 16.9 Å². The zero-order chi connectivity index (χ0) is 17.3. The standard InChI is InChI=1S/C15H24FN3O2S2.HI/c1-4-17-15(18-7-8-23(3,20)21)19-10-12-5-6-14(16)9-13(12)11-22-2;/h5-6,9H,4,7-8,10-11H2,1-3H3,(H2,17,18,19);1H. The predicted octanol–water partition coefficient (Wildman–Crippen LogP) is 2.41. The second-order valence-electron chi connectivity index (χ2n) is 5.10. The number of halogens is 2. The van der Waals surface area contributed by atoms with Gasteiger partial charge in [-0.15, -0.1) is 24.0 Å². The zero-order valence-electron chi connectivity index (χ0n) is 14.1. The SMILES string of the molecule is CCNC(=NCc1ccc(F)cc1CSC)NCCS(C)(=O)=O.I. The molecular formula is C15H25FIN3O2S2. The summed E-state index contributed by atoms with van der Waals surface area (Å²) in [5.74, 6) is 1.07. The van der Waals surface area contributed by atoms with Crippen molar-refractivity contribution in [3.8, 4) is 0 Å². The highest BCUT2D eigenvalue weighted by Gasteiger charge is 2.06. The highest BCUT2D eigenvalue weighted by Crippen LogP contribution is 2.17. The van der Waals surface area contributed by atoms with Crippen molar-refractivity contribution in [1.29, 1.82) is 0 Å². The van der Waals surface area contributed by atoms with Gasteiger partial charge in [0.2, 0.25) is 0 Å². The van der Waals surface area contributed by atoms with Crippen molar-refractivity contribution in [3.63, 3.8) is 0 Å². The molecular weight excluding hydrogens is 464 g/mol. The van der Waals surface area contributed by atoms with Crippen molar-refractivity contribution in [3.05, 3.63) is 35.1 Å². The van der Waals surface area contributed by atoms with E-state index in [2.05, 4.69) is 15.6 Å². The smallest absolute Gasteiger partial charge is 0.191 e. The largest absolute Gasteiger partial charge is 0.357 e. The summed E-state index contributed by atoms with van der Waals surface area (Å²) in [6.45, 7) is 3.31. The van der Waals surface area contributed by atoms with Crippen molar-refractivity contribution in [2.75, 3.05) is 31.4 Å². The minimum atomic E-state index is -3.01. The van der Waals surface area contributed by atoms with E-state index < -0.39 is 9.84 Å². The zero-order valence-corrected chi connectivity index (χ0v) is 18.1. The fourth-order valence-corrected chi connectivity index (χ4v) is 2.95. The molecule has 0 aliphatic rings. The molecule has 1 aromatic carbocycles. The number of thioether (sulfide) groups is 1. The molecule has 5 nitrogen and oxygen atoms in total. The average molecular weight is 489 g/mol. The van der Waals surface area contributed by atoms with Crippen LogP contribution in [-0.4, -0.2) is 45.7 Å². The Labute approximate surface area is 165 Å². The van der Waals surface area contributed by atoms with Gasteiger partial charge in [-0.25, -0.2) is 17.8 Å². The van der Waals surface area contributed by atoms with Crippen LogP contribution in [0.5, 0.6) is 0 Å². The summed E-state index contributed by atoms with van der Waals surface area (Å²) in [6.07, 6.45) is 3.17. The van der Waals surface area contributed by atoms with Crippen LogP contribution in [0.2, 0.25) is 0 Å². The van der Waals surface area contributed by atoms with E-state index in [0.29, 0.717) is 25.6 Å². The number of aliphatic imine (C=N–C) groups is 1. The van der Waals surface area contributed by atoms with Crippen molar-refractivity contribution >= 4 is 51.5 Å². The second-order valence-corrected chi connectivity index (χ2v) is 8.22. The van der Waals surface area contributed by atoms with Gasteiger partial charge in [0.1, 0.15) is 15.7 Å². The number of hydrogen-bond acceptors (Lipinski definition) is 4. The van der Waals surface area contributed by atoms with Crippen LogP contribution in [0.25, 0.3) is 0 Å². The minimum Gasteiger partial charge on any atom is -0.357 e. The molecule has 0 fully saturated rings. The lowest BCUT2D eigenvalue weighted by atomic mass is 10.1. The molecule has 0 radical (unpaired) electrons. The molecule has 0 spiro atoms. The molecule has 0 unspecified atom stereocenters. The van der Waals surface area contributed by atoms with Crippen LogP contribution >= 0.6 is 35.7 Å². The Morgan fingerprint density at radius 2 is 2.00 bits per heavy atom. The van der Waals surface area contributed by atoms with Gasteiger partial charge in [-0.3, -0.25) is 0 Å². The van der Waals surface area contributed by atoms with Crippen LogP contribution in [0.4, 0.5) is 4.39 Å². The molecule has 2 N–H and O–H groups in total. The van der Waals surface area contributed by atoms with Crippen LogP contribution in [0, 0.1) is 5.82 Å². The normalized spacial score (nSPS) is 11.8. The highest BCUT2D eigenvalue weighted by molar-refractivity contribution is 14.0. The maximum Gasteiger partial charge on any atom is 0.191 e. The van der Waals surface area contributed by atoms with Gasteiger partial charge in [0.25, 0.3) is 0 Å². The summed E-state index contributed by atoms with van der Waals surface area (Å²) in [6, 6.07) is 4.70. The van der Waals surface area contributed by atoms with Crippen LogP contribution in [0.15, 0.2) is 23.2 Å². The molecule has 0 aliphatic carbocycles. The molecule has 0 heterocycles. The van der Waals surface area contributed by atoms with E-state index >= 15 is 0 Å². The summed E-state index contributed by atoms with van der Waals surface area (Å²) in [7, 11) is -3.01. The van der Waals surface area contributed by atoms with Gasteiger partial charge in [0.15, 0.2) is 5.96 Å². The van der Waals surface area contributed by atoms with Crippen LogP contribution in [0.3, 0.4) is 0 Å². The maximum absolute atomic E-state index is 13.3. The molecule has 1 aromatic rings. The Bertz CT molecular complexity index is 640. The number of hydrogen-bond donors (Lipinski definition) is 2. The Balaban J connectivity index is 0.00000529. The lowest BCUT2D eigenvalue weighted by Crippen LogP contribution is -2.39. The summed E-state index contributed by atoms with van der Waals surface area (Å²) in [4.78, 5) is 4.44. The van der Waals surface area contributed by atoms with E-state index in [1.54, 1.807) is 17.8 Å². The third-order valence-electron chi connectivity index (χ3n) is 2.99. The first-order valence-electron chi connectivity index (χ1n) is 7.32. The molecule has 1 rings (SSSR count). The monoisotopic (exact) mass is 489 g/mol. The molecule has 0 aliphatic heterocycles. The molecule has 0 atom stereocenters. The number of nitrogens with one attached hydrogen (secondary N) is 2. The van der Waals surface area contributed by atoms with Crippen molar-refractivity contribution < 1.29 is 12.8 Å². The van der Waals surface area contributed by atoms with Gasteiger partial charge in [0, 0.05) is 25.1 Å². The molecule has 9 heteroatoms. The van der Waals surface area contributed by atoms with E-state index in [1.165, 1.54) is 18.4 Å². The van der Waals surface area contributed by atoms with Crippen molar-refractivity contribution in [2.24, 2.45) is 4.99 Å². The summed E-state index contributed by atoms with van der Waals surface area (Å²) < 4.78 is 35.7. The Kier molecular flexibility index (Phi) is 11.6. The van der Waals surface area contributed by atoms with E-state index in [-0.39, 0.29) is 35.5 Å². The first-order valence-corrected chi connectivity index (χ1v) is 10.8. The van der Waals surface area contributed by atoms with Crippen LogP contribution < -0.4 is 10.6 Å². The summed E-state index contributed by atoms with van der Waals surface area (Å²) >= 11 is 1.63. The number of benzene rings is 1. The number of sulfone groups is 1. The molecule has 138 valence electrons. The molecule has 0 amide bonds. The number of guanidine groups is 1. The van der Waals surface area contributed by atoms with Crippen LogP contribution in [0.1, 0.15) is 18.1 Å². The minimum absolute atomic E-state index is 0. The van der Waals surface area contributed by atoms with E-state index in [1.807, 2.05) is 13.2 Å². The Hall–Kier alpha value is -0.550. The quantitative estimate of drug-likeness (QED) is 0.334. The molecule has 24 heavy (non-hydrogen) atoms. The van der Waals surface area contributed by atoms with Gasteiger partial charge in [-0.1, -0.05) is 6.07 Å². The molecule has 0 bridgehead atoms. The average Bonchev–Trinajstić information content (AvgIpc) is 2.45. The van der Waals surface area contributed by atoms with Crippen LogP contribution in [-0.2, 0) is 22.1 Å². The lowest BCUT2D eigenvalue weighted by molar-refractivity contribution is 0.600. The lowest BCUT2D eigenvalue weighted by Gasteiger charge is -2.12. The Morgan fingerprint density at radius 1 is 1.29 bits per heavy atom. The number of nitrogens with zero attached hydrogens (tertiary/aromatic N) is 1. The van der Waals surface area contributed by atoms with Gasteiger partial charge in [0.05, 0.1) is 12.3 Å². The van der Waals surface area contributed by atoms with E-state index in [4.69, 9.17) is 0 Å². The van der Waals surface area contributed by atoms with Gasteiger partial charge in [-0.2, -0.15) is 11.8 Å². The van der Waals surface area contributed by atoms with Crippen molar-refractivity contribution in [1.82, 2.24) is 10.6 Å². The highest BCUT2D eigenvalue weighted by atomic mass is 127. The molecule has 0 saturated carbocycles. The summed E-state index contributed by atoms with van der Waals surface area (Å²) in [5, 5.41) is 6.06. The number of rotatable bonds is 8. The fourth-order valence-electron chi connectivity index (χ4n) is 1.90. The third kappa shape index (κ3) is 9.67. The topological polar surface area (TPSA) is 70.6 Å².